The molecule has 0 aliphatic heterocycles. The summed E-state index contributed by atoms with van der Waals surface area (Å²) < 4.78 is 1.57. The molecule has 102 valence electrons. The van der Waals surface area contributed by atoms with E-state index in [9.17, 15) is 4.79 Å². The maximum Gasteiger partial charge on any atom is 0.233 e. The van der Waals surface area contributed by atoms with Gasteiger partial charge in [0.05, 0.1) is 11.0 Å². The van der Waals surface area contributed by atoms with Gasteiger partial charge in [-0.3, -0.25) is 4.79 Å². The minimum absolute atomic E-state index is 0.0213. The van der Waals surface area contributed by atoms with Crippen molar-refractivity contribution in [1.82, 2.24) is 19.5 Å². The van der Waals surface area contributed by atoms with E-state index in [4.69, 9.17) is 11.6 Å². The predicted molar refractivity (Wildman–Crippen MR) is 78.1 cm³/mol. The minimum atomic E-state index is -0.0213. The molecule has 3 aromatic rings. The molecule has 5 nitrogen and oxygen atoms in total. The zero-order valence-corrected chi connectivity index (χ0v) is 12.0. The molecule has 0 saturated carbocycles. The highest BCUT2D eigenvalue weighted by atomic mass is 35.5. The predicted octanol–water partition coefficient (Wildman–Crippen LogP) is 3.25. The number of fused-ring (bicyclic) bond motifs is 2. The fourth-order valence-electron chi connectivity index (χ4n) is 2.19. The van der Waals surface area contributed by atoms with E-state index >= 15 is 0 Å². The van der Waals surface area contributed by atoms with Crippen LogP contribution in [0.2, 0.25) is 5.02 Å². The molecule has 0 aliphatic carbocycles. The molecule has 0 radical (unpaired) electrons. The van der Waals surface area contributed by atoms with E-state index in [1.54, 1.807) is 22.8 Å². The van der Waals surface area contributed by atoms with E-state index in [2.05, 4.69) is 15.0 Å². The topological polar surface area (TPSA) is 60.7 Å². The lowest BCUT2D eigenvalue weighted by Crippen LogP contribution is -2.13. The van der Waals surface area contributed by atoms with Gasteiger partial charge in [0.1, 0.15) is 5.82 Å². The molecule has 3 rings (SSSR count). The average Bonchev–Trinajstić information content (AvgIpc) is 2.81. The first-order valence-electron chi connectivity index (χ1n) is 6.51. The number of hydrogen-bond acceptors (Lipinski definition) is 4. The summed E-state index contributed by atoms with van der Waals surface area (Å²) in [6.07, 6.45) is 1.06. The van der Waals surface area contributed by atoms with E-state index in [0.717, 1.165) is 0 Å². The van der Waals surface area contributed by atoms with Gasteiger partial charge in [0.25, 0.3) is 0 Å². The first kappa shape index (κ1) is 13.0. The lowest BCUT2D eigenvalue weighted by Gasteiger charge is -2.04. The highest BCUT2D eigenvalue weighted by molar-refractivity contribution is 6.31. The molecule has 0 unspecified atom stereocenters. The Morgan fingerprint density at radius 2 is 2.00 bits per heavy atom. The number of aromatic nitrogens is 4. The van der Waals surface area contributed by atoms with Crippen LogP contribution in [0.15, 0.2) is 18.2 Å². The van der Waals surface area contributed by atoms with Gasteiger partial charge in [-0.25, -0.2) is 19.5 Å². The first-order valence-corrected chi connectivity index (χ1v) is 6.89. The standard InChI is InChI=1S/C14H13ClN4O/c1-3-11-18-13-14(19(11)12(20)4-2)17-9-6-5-8(15)7-10(9)16-13/h5-7H,3-4H2,1-2H3. The van der Waals surface area contributed by atoms with Gasteiger partial charge in [-0.05, 0) is 18.2 Å². The Hall–Kier alpha value is -2.01. The Morgan fingerprint density at radius 1 is 1.20 bits per heavy atom. The Balaban J connectivity index is 2.38. The molecule has 0 spiro atoms. The van der Waals surface area contributed by atoms with Crippen LogP contribution in [-0.4, -0.2) is 25.4 Å². The number of halogens is 1. The summed E-state index contributed by atoms with van der Waals surface area (Å²) in [4.78, 5) is 25.5. The molecule has 1 aromatic carbocycles. The normalized spacial score (nSPS) is 11.3. The summed E-state index contributed by atoms with van der Waals surface area (Å²) in [7, 11) is 0. The van der Waals surface area contributed by atoms with Gasteiger partial charge < -0.3 is 0 Å². The van der Waals surface area contributed by atoms with Gasteiger partial charge in [0, 0.05) is 17.9 Å². The molecule has 0 aliphatic rings. The van der Waals surface area contributed by atoms with E-state index in [1.807, 2.05) is 13.8 Å². The van der Waals surface area contributed by atoms with Gasteiger partial charge in [0.15, 0.2) is 11.3 Å². The number of nitrogens with zero attached hydrogens (tertiary/aromatic N) is 4. The van der Waals surface area contributed by atoms with Crippen LogP contribution in [-0.2, 0) is 6.42 Å². The second kappa shape index (κ2) is 4.83. The fourth-order valence-corrected chi connectivity index (χ4v) is 2.35. The highest BCUT2D eigenvalue weighted by Gasteiger charge is 2.17. The zero-order valence-electron chi connectivity index (χ0n) is 11.2. The van der Waals surface area contributed by atoms with E-state index in [0.29, 0.717) is 46.0 Å². The van der Waals surface area contributed by atoms with Crippen LogP contribution >= 0.6 is 11.6 Å². The van der Waals surface area contributed by atoms with Crippen molar-refractivity contribution >= 4 is 39.8 Å². The van der Waals surface area contributed by atoms with Gasteiger partial charge in [-0.15, -0.1) is 0 Å². The number of rotatable bonds is 2. The van der Waals surface area contributed by atoms with Crippen molar-refractivity contribution in [3.63, 3.8) is 0 Å². The fraction of sp³-hybridized carbons (Fsp3) is 0.286. The SMILES string of the molecule is CCC(=O)n1c(CC)nc2nc3cc(Cl)ccc3nc21. The van der Waals surface area contributed by atoms with Crippen LogP contribution < -0.4 is 0 Å². The molecule has 2 aromatic heterocycles. The number of carbonyl (C=O) groups is 1. The molecule has 2 heterocycles. The number of aryl methyl sites for hydroxylation is 1. The van der Waals surface area contributed by atoms with Crippen LogP contribution in [0.5, 0.6) is 0 Å². The average molecular weight is 289 g/mol. The molecule has 0 bridgehead atoms. The maximum absolute atomic E-state index is 12.1. The number of carbonyl (C=O) groups excluding carboxylic acids is 1. The summed E-state index contributed by atoms with van der Waals surface area (Å²) in [5.74, 6) is 0.667. The van der Waals surface area contributed by atoms with Crippen LogP contribution in [0.1, 0.15) is 30.9 Å². The van der Waals surface area contributed by atoms with Gasteiger partial charge >= 0.3 is 0 Å². The lowest BCUT2D eigenvalue weighted by atomic mass is 10.3. The van der Waals surface area contributed by atoms with Gasteiger partial charge in [-0.1, -0.05) is 25.4 Å². The number of imidazole rings is 1. The molecule has 0 saturated heterocycles. The monoisotopic (exact) mass is 288 g/mol. The van der Waals surface area contributed by atoms with E-state index < -0.39 is 0 Å². The minimum Gasteiger partial charge on any atom is -0.274 e. The van der Waals surface area contributed by atoms with Gasteiger partial charge in [-0.2, -0.15) is 0 Å². The molecular weight excluding hydrogens is 276 g/mol. The summed E-state index contributed by atoms with van der Waals surface area (Å²) in [6, 6.07) is 5.30. The summed E-state index contributed by atoms with van der Waals surface area (Å²) >= 11 is 5.96. The van der Waals surface area contributed by atoms with Crippen molar-refractivity contribution in [2.45, 2.75) is 26.7 Å². The molecule has 0 amide bonds. The smallest absolute Gasteiger partial charge is 0.233 e. The van der Waals surface area contributed by atoms with Crippen LogP contribution in [0.25, 0.3) is 22.3 Å². The Kier molecular flexibility index (Phi) is 3.14. The molecular formula is C14H13ClN4O. The summed E-state index contributed by atoms with van der Waals surface area (Å²) in [5.41, 5.74) is 2.39. The van der Waals surface area contributed by atoms with Crippen molar-refractivity contribution in [3.8, 4) is 0 Å². The van der Waals surface area contributed by atoms with Crippen LogP contribution in [0, 0.1) is 0 Å². The number of hydrogen-bond donors (Lipinski definition) is 0. The van der Waals surface area contributed by atoms with Crippen molar-refractivity contribution in [3.05, 3.63) is 29.0 Å². The maximum atomic E-state index is 12.1. The third kappa shape index (κ3) is 1.94. The third-order valence-electron chi connectivity index (χ3n) is 3.16. The summed E-state index contributed by atoms with van der Waals surface area (Å²) in [6.45, 7) is 3.78. The Labute approximate surface area is 120 Å². The van der Waals surface area contributed by atoms with Crippen molar-refractivity contribution < 1.29 is 4.79 Å². The first-order chi connectivity index (χ1) is 9.63. The van der Waals surface area contributed by atoms with Crippen molar-refractivity contribution in [1.29, 1.82) is 0 Å². The largest absolute Gasteiger partial charge is 0.274 e. The van der Waals surface area contributed by atoms with Crippen LogP contribution in [0.3, 0.4) is 0 Å². The van der Waals surface area contributed by atoms with E-state index in [1.165, 1.54) is 0 Å². The van der Waals surface area contributed by atoms with Crippen molar-refractivity contribution in [2.75, 3.05) is 0 Å². The highest BCUT2D eigenvalue weighted by Crippen LogP contribution is 2.21. The molecule has 0 atom stereocenters. The Bertz CT molecular complexity index is 825. The quantitative estimate of drug-likeness (QED) is 0.726. The van der Waals surface area contributed by atoms with Crippen molar-refractivity contribution in [2.24, 2.45) is 0 Å². The Morgan fingerprint density at radius 3 is 2.70 bits per heavy atom. The van der Waals surface area contributed by atoms with Crippen LogP contribution in [0.4, 0.5) is 0 Å². The third-order valence-corrected chi connectivity index (χ3v) is 3.40. The second-order valence-corrected chi connectivity index (χ2v) is 4.90. The molecule has 6 heteroatoms. The second-order valence-electron chi connectivity index (χ2n) is 4.47. The van der Waals surface area contributed by atoms with E-state index in [-0.39, 0.29) is 5.91 Å². The lowest BCUT2D eigenvalue weighted by molar-refractivity contribution is 0.0910. The molecule has 0 N–H and O–H groups in total. The summed E-state index contributed by atoms with van der Waals surface area (Å²) in [5, 5.41) is 0.603. The molecule has 0 fully saturated rings. The molecule has 20 heavy (non-hydrogen) atoms. The zero-order chi connectivity index (χ0) is 14.3. The van der Waals surface area contributed by atoms with Gasteiger partial charge in [0.2, 0.25) is 5.91 Å². The number of benzene rings is 1.